The zero-order valence-corrected chi connectivity index (χ0v) is 19.5. The van der Waals surface area contributed by atoms with Crippen molar-refractivity contribution in [3.8, 4) is 11.1 Å². The number of aromatic nitrogens is 1. The van der Waals surface area contributed by atoms with Crippen LogP contribution in [0.15, 0.2) is 78.9 Å². The fourth-order valence-corrected chi connectivity index (χ4v) is 4.74. The molecule has 172 valence electrons. The van der Waals surface area contributed by atoms with Gasteiger partial charge >= 0.3 is 0 Å². The first kappa shape index (κ1) is 22.2. The van der Waals surface area contributed by atoms with Crippen LogP contribution >= 0.6 is 0 Å². The van der Waals surface area contributed by atoms with Crippen molar-refractivity contribution in [2.45, 2.75) is 45.3 Å². The molecule has 4 aromatic rings. The first-order valence-electron chi connectivity index (χ1n) is 11.8. The number of pyridine rings is 1. The molecule has 5 heteroatoms. The van der Waals surface area contributed by atoms with E-state index in [0.29, 0.717) is 17.6 Å². The summed E-state index contributed by atoms with van der Waals surface area (Å²) in [5, 5.41) is 3.97. The van der Waals surface area contributed by atoms with Crippen LogP contribution in [0.2, 0.25) is 0 Å². The molecule has 5 rings (SSSR count). The molecular weight excluding hydrogens is 425 g/mol. The Kier molecular flexibility index (Phi) is 6.12. The number of carbonyl (C=O) groups excluding carboxylic acids is 1. The van der Waals surface area contributed by atoms with Crippen LogP contribution in [0.3, 0.4) is 0 Å². The molecule has 34 heavy (non-hydrogen) atoms. The Morgan fingerprint density at radius 3 is 2.24 bits per heavy atom. The molecule has 0 saturated carbocycles. The van der Waals surface area contributed by atoms with E-state index in [9.17, 15) is 9.18 Å². The molecule has 0 spiro atoms. The first-order chi connectivity index (χ1) is 16.5. The fraction of sp³-hybridized carbons (Fsp3) is 0.241. The van der Waals surface area contributed by atoms with Crippen LogP contribution in [0.25, 0.3) is 22.0 Å². The van der Waals surface area contributed by atoms with Crippen LogP contribution in [0, 0.1) is 5.82 Å². The van der Waals surface area contributed by atoms with Gasteiger partial charge in [0.15, 0.2) is 0 Å². The molecule has 4 nitrogen and oxygen atoms in total. The molecule has 0 bridgehead atoms. The number of hydrogen-bond acceptors (Lipinski definition) is 3. The van der Waals surface area contributed by atoms with E-state index in [2.05, 4.69) is 36.2 Å². The maximum absolute atomic E-state index is 13.1. The summed E-state index contributed by atoms with van der Waals surface area (Å²) in [6, 6.07) is 24.8. The maximum Gasteiger partial charge on any atom is 0.255 e. The maximum atomic E-state index is 13.1. The molecule has 0 aliphatic carbocycles. The van der Waals surface area contributed by atoms with Gasteiger partial charge in [-0.15, -0.1) is 0 Å². The number of carbonyl (C=O) groups is 1. The Bertz CT molecular complexity index is 1310. The van der Waals surface area contributed by atoms with Crippen molar-refractivity contribution in [3.63, 3.8) is 0 Å². The van der Waals surface area contributed by atoms with E-state index in [-0.39, 0.29) is 11.7 Å². The zero-order valence-electron chi connectivity index (χ0n) is 19.5. The molecule has 2 unspecified atom stereocenters. The number of amides is 1. The molecule has 1 aromatic heterocycles. The average Bonchev–Trinajstić information content (AvgIpc) is 3.17. The van der Waals surface area contributed by atoms with Crippen molar-refractivity contribution in [3.05, 3.63) is 95.9 Å². The molecular formula is C29H28FN3O. The van der Waals surface area contributed by atoms with Crippen LogP contribution in [-0.2, 0) is 6.54 Å². The van der Waals surface area contributed by atoms with E-state index in [1.54, 1.807) is 24.3 Å². The minimum Gasteiger partial charge on any atom is -0.322 e. The standard InChI is InChI=1S/C29H28FN3O/c1-19-3-4-20(2)33(19)18-27-14-11-24-17-26(15-16-28(24)31-27)32-29(34)23-7-5-21(6-8-23)22-9-12-25(30)13-10-22/h5-17,19-20H,3-4,18H2,1-2H3,(H,32,34). The summed E-state index contributed by atoms with van der Waals surface area (Å²) in [4.78, 5) is 20.1. The molecule has 2 heterocycles. The van der Waals surface area contributed by atoms with E-state index < -0.39 is 0 Å². The summed E-state index contributed by atoms with van der Waals surface area (Å²) < 4.78 is 13.1. The number of hydrogen-bond donors (Lipinski definition) is 1. The SMILES string of the molecule is CC1CCC(C)N1Cc1ccc2cc(NC(=O)c3ccc(-c4ccc(F)cc4)cc3)ccc2n1. The number of benzene rings is 3. The number of nitrogens with zero attached hydrogens (tertiary/aromatic N) is 2. The number of anilines is 1. The third-order valence-corrected chi connectivity index (χ3v) is 6.81. The Balaban J connectivity index is 1.27. The molecule has 1 amide bonds. The van der Waals surface area contributed by atoms with Gasteiger partial charge in [0.25, 0.3) is 5.91 Å². The van der Waals surface area contributed by atoms with Crippen molar-refractivity contribution in [2.24, 2.45) is 0 Å². The summed E-state index contributed by atoms with van der Waals surface area (Å²) in [5.41, 5.74) is 5.14. The Labute approximate surface area is 199 Å². The fourth-order valence-electron chi connectivity index (χ4n) is 4.74. The van der Waals surface area contributed by atoms with E-state index in [1.807, 2.05) is 30.3 Å². The Hall–Kier alpha value is -3.57. The van der Waals surface area contributed by atoms with Gasteiger partial charge in [0.1, 0.15) is 5.82 Å². The summed E-state index contributed by atoms with van der Waals surface area (Å²) in [6.07, 6.45) is 2.49. The van der Waals surface area contributed by atoms with Gasteiger partial charge in [0.2, 0.25) is 0 Å². The van der Waals surface area contributed by atoms with Crippen LogP contribution in [0.1, 0.15) is 42.7 Å². The van der Waals surface area contributed by atoms with Gasteiger partial charge in [-0.2, -0.15) is 0 Å². The minimum atomic E-state index is -0.266. The van der Waals surface area contributed by atoms with Crippen LogP contribution < -0.4 is 5.32 Å². The third-order valence-electron chi connectivity index (χ3n) is 6.81. The minimum absolute atomic E-state index is 0.174. The first-order valence-corrected chi connectivity index (χ1v) is 11.8. The number of fused-ring (bicyclic) bond motifs is 1. The molecule has 1 N–H and O–H groups in total. The largest absolute Gasteiger partial charge is 0.322 e. The number of rotatable bonds is 5. The van der Waals surface area contributed by atoms with E-state index >= 15 is 0 Å². The highest BCUT2D eigenvalue weighted by atomic mass is 19.1. The molecule has 1 aliphatic heterocycles. The van der Waals surface area contributed by atoms with Gasteiger partial charge in [0, 0.05) is 35.3 Å². The van der Waals surface area contributed by atoms with Gasteiger partial charge in [-0.05, 0) is 86.3 Å². The van der Waals surface area contributed by atoms with E-state index in [4.69, 9.17) is 4.98 Å². The van der Waals surface area contributed by atoms with E-state index in [1.165, 1.54) is 25.0 Å². The van der Waals surface area contributed by atoms with Crippen LogP contribution in [0.5, 0.6) is 0 Å². The zero-order chi connectivity index (χ0) is 23.7. The molecule has 1 saturated heterocycles. The number of likely N-dealkylation sites (tertiary alicyclic amines) is 1. The normalized spacial score (nSPS) is 18.3. The molecule has 0 radical (unpaired) electrons. The highest BCUT2D eigenvalue weighted by Gasteiger charge is 2.27. The quantitative estimate of drug-likeness (QED) is 0.367. The Morgan fingerprint density at radius 2 is 1.56 bits per heavy atom. The van der Waals surface area contributed by atoms with Crippen LogP contribution in [0.4, 0.5) is 10.1 Å². The highest BCUT2D eigenvalue weighted by molar-refractivity contribution is 6.05. The summed E-state index contributed by atoms with van der Waals surface area (Å²) in [6.45, 7) is 5.44. The van der Waals surface area contributed by atoms with Crippen molar-refractivity contribution in [1.29, 1.82) is 0 Å². The molecule has 3 aromatic carbocycles. The molecule has 1 aliphatic rings. The van der Waals surface area contributed by atoms with Gasteiger partial charge < -0.3 is 5.32 Å². The Morgan fingerprint density at radius 1 is 0.912 bits per heavy atom. The second-order valence-corrected chi connectivity index (χ2v) is 9.20. The monoisotopic (exact) mass is 453 g/mol. The van der Waals surface area contributed by atoms with Gasteiger partial charge in [-0.1, -0.05) is 30.3 Å². The van der Waals surface area contributed by atoms with Crippen molar-refractivity contribution in [1.82, 2.24) is 9.88 Å². The van der Waals surface area contributed by atoms with Gasteiger partial charge in [-0.3, -0.25) is 14.7 Å². The van der Waals surface area contributed by atoms with Crippen LogP contribution in [-0.4, -0.2) is 27.9 Å². The van der Waals surface area contributed by atoms with Gasteiger partial charge in [0.05, 0.1) is 11.2 Å². The van der Waals surface area contributed by atoms with Crippen molar-refractivity contribution in [2.75, 3.05) is 5.32 Å². The lowest BCUT2D eigenvalue weighted by Gasteiger charge is -2.25. The average molecular weight is 454 g/mol. The summed E-state index contributed by atoms with van der Waals surface area (Å²) in [7, 11) is 0. The smallest absolute Gasteiger partial charge is 0.255 e. The predicted octanol–water partition coefficient (Wildman–Crippen LogP) is 6.67. The topological polar surface area (TPSA) is 45.2 Å². The summed E-state index contributed by atoms with van der Waals surface area (Å²) in [5.74, 6) is -0.441. The summed E-state index contributed by atoms with van der Waals surface area (Å²) >= 11 is 0. The van der Waals surface area contributed by atoms with Gasteiger partial charge in [-0.25, -0.2) is 4.39 Å². The lowest BCUT2D eigenvalue weighted by molar-refractivity contribution is 0.102. The lowest BCUT2D eigenvalue weighted by atomic mass is 10.0. The number of nitrogens with one attached hydrogen (secondary N) is 1. The molecule has 1 fully saturated rings. The van der Waals surface area contributed by atoms with Crippen molar-refractivity contribution < 1.29 is 9.18 Å². The lowest BCUT2D eigenvalue weighted by Crippen LogP contribution is -2.32. The van der Waals surface area contributed by atoms with Crippen molar-refractivity contribution >= 4 is 22.5 Å². The number of halogens is 1. The van der Waals surface area contributed by atoms with E-state index in [0.717, 1.165) is 40.0 Å². The highest BCUT2D eigenvalue weighted by Crippen LogP contribution is 2.26. The second kappa shape index (κ2) is 9.35. The molecule has 2 atom stereocenters. The third kappa shape index (κ3) is 4.70. The second-order valence-electron chi connectivity index (χ2n) is 9.20. The predicted molar refractivity (Wildman–Crippen MR) is 135 cm³/mol.